The van der Waals surface area contributed by atoms with Crippen LogP contribution in [0.15, 0.2) is 24.3 Å². The van der Waals surface area contributed by atoms with Gasteiger partial charge in [-0.2, -0.15) is 15.2 Å². The molecule has 1 aromatic heterocycles. The molecule has 0 fully saturated rings. The predicted molar refractivity (Wildman–Crippen MR) is 74.0 cm³/mol. The van der Waals surface area contributed by atoms with Crippen LogP contribution in [-0.4, -0.2) is 24.2 Å². The fourth-order valence-corrected chi connectivity index (χ4v) is 1.55. The molecule has 1 heterocycles. The molecule has 7 nitrogen and oxygen atoms in total. The number of benzene rings is 1. The maximum absolute atomic E-state index is 9.09. The minimum Gasteiger partial charge on any atom is -0.481 e. The second-order valence-corrected chi connectivity index (χ2v) is 3.82. The van der Waals surface area contributed by atoms with Crippen molar-refractivity contribution in [3.05, 3.63) is 29.8 Å². The first-order valence-electron chi connectivity index (χ1n) is 5.70. The summed E-state index contributed by atoms with van der Waals surface area (Å²) in [5, 5.41) is 12.0. The molecule has 20 heavy (non-hydrogen) atoms. The number of nitrogens with one attached hydrogen (secondary N) is 1. The Kier molecular flexibility index (Phi) is 3.86. The summed E-state index contributed by atoms with van der Waals surface area (Å²) in [6.45, 7) is 0. The fourth-order valence-electron chi connectivity index (χ4n) is 1.55. The highest BCUT2D eigenvalue weighted by molar-refractivity contribution is 5.67. The Morgan fingerprint density at radius 1 is 1.15 bits per heavy atom. The third-order valence-electron chi connectivity index (χ3n) is 2.51. The molecule has 2 rings (SSSR count). The molecule has 0 aliphatic rings. The lowest BCUT2D eigenvalue weighted by atomic mass is 10.2. The SMILES string of the molecule is COc1cc(OC)nc(Nc2ccc(N)cc2C#N)n1. The number of methoxy groups -OCH3 is 2. The van der Waals surface area contributed by atoms with Gasteiger partial charge in [-0.1, -0.05) is 0 Å². The van der Waals surface area contributed by atoms with E-state index in [4.69, 9.17) is 20.5 Å². The number of anilines is 3. The Morgan fingerprint density at radius 3 is 2.35 bits per heavy atom. The molecule has 1 aromatic carbocycles. The van der Waals surface area contributed by atoms with Gasteiger partial charge in [-0.3, -0.25) is 0 Å². The van der Waals surface area contributed by atoms with E-state index in [-0.39, 0.29) is 5.95 Å². The number of aromatic nitrogens is 2. The van der Waals surface area contributed by atoms with Gasteiger partial charge >= 0.3 is 0 Å². The van der Waals surface area contributed by atoms with Crippen molar-refractivity contribution in [1.29, 1.82) is 5.26 Å². The average Bonchev–Trinajstić information content (AvgIpc) is 2.48. The summed E-state index contributed by atoms with van der Waals surface area (Å²) in [6, 6.07) is 8.54. The van der Waals surface area contributed by atoms with Crippen molar-refractivity contribution in [1.82, 2.24) is 9.97 Å². The van der Waals surface area contributed by atoms with Gasteiger partial charge in [0.15, 0.2) is 0 Å². The Balaban J connectivity index is 2.37. The van der Waals surface area contributed by atoms with E-state index in [0.29, 0.717) is 28.7 Å². The summed E-state index contributed by atoms with van der Waals surface area (Å²) >= 11 is 0. The smallest absolute Gasteiger partial charge is 0.233 e. The van der Waals surface area contributed by atoms with Crippen molar-refractivity contribution in [2.24, 2.45) is 0 Å². The van der Waals surface area contributed by atoms with Crippen molar-refractivity contribution >= 4 is 17.3 Å². The number of nitriles is 1. The second kappa shape index (κ2) is 5.75. The van der Waals surface area contributed by atoms with Crippen LogP contribution in [0.4, 0.5) is 17.3 Å². The lowest BCUT2D eigenvalue weighted by Gasteiger charge is -2.09. The van der Waals surface area contributed by atoms with E-state index in [9.17, 15) is 0 Å². The molecule has 0 amide bonds. The van der Waals surface area contributed by atoms with Crippen LogP contribution < -0.4 is 20.5 Å². The summed E-state index contributed by atoms with van der Waals surface area (Å²) in [5.41, 5.74) is 7.10. The highest BCUT2D eigenvalue weighted by Gasteiger charge is 2.08. The van der Waals surface area contributed by atoms with Crippen LogP contribution >= 0.6 is 0 Å². The van der Waals surface area contributed by atoms with E-state index < -0.39 is 0 Å². The maximum atomic E-state index is 9.09. The second-order valence-electron chi connectivity index (χ2n) is 3.82. The van der Waals surface area contributed by atoms with Gasteiger partial charge in [0.1, 0.15) is 6.07 Å². The van der Waals surface area contributed by atoms with Gasteiger partial charge < -0.3 is 20.5 Å². The highest BCUT2D eigenvalue weighted by Crippen LogP contribution is 2.23. The van der Waals surface area contributed by atoms with E-state index in [1.165, 1.54) is 14.2 Å². The third-order valence-corrected chi connectivity index (χ3v) is 2.51. The van der Waals surface area contributed by atoms with Crippen molar-refractivity contribution in [2.75, 3.05) is 25.3 Å². The Morgan fingerprint density at radius 2 is 1.80 bits per heavy atom. The number of hydrogen-bond donors (Lipinski definition) is 2. The number of nitrogen functional groups attached to an aromatic ring is 1. The molecule has 3 N–H and O–H groups in total. The molecular weight excluding hydrogens is 258 g/mol. The van der Waals surface area contributed by atoms with E-state index in [1.807, 2.05) is 0 Å². The largest absolute Gasteiger partial charge is 0.481 e. The first-order valence-corrected chi connectivity index (χ1v) is 5.70. The zero-order valence-electron chi connectivity index (χ0n) is 11.0. The summed E-state index contributed by atoms with van der Waals surface area (Å²) in [5.74, 6) is 0.976. The molecule has 0 saturated carbocycles. The highest BCUT2D eigenvalue weighted by atomic mass is 16.5. The van der Waals surface area contributed by atoms with Crippen LogP contribution in [0.5, 0.6) is 11.8 Å². The normalized spacial score (nSPS) is 9.65. The molecule has 0 spiro atoms. The monoisotopic (exact) mass is 271 g/mol. The summed E-state index contributed by atoms with van der Waals surface area (Å²) < 4.78 is 10.1. The van der Waals surface area contributed by atoms with Crippen LogP contribution in [0.2, 0.25) is 0 Å². The number of ether oxygens (including phenoxy) is 2. The summed E-state index contributed by atoms with van der Waals surface area (Å²) in [7, 11) is 2.99. The molecule has 2 aromatic rings. The molecule has 0 unspecified atom stereocenters. The molecule has 7 heteroatoms. The van der Waals surface area contributed by atoms with Crippen LogP contribution in [-0.2, 0) is 0 Å². The Labute approximate surface area is 116 Å². The van der Waals surface area contributed by atoms with Gasteiger partial charge in [-0.05, 0) is 18.2 Å². The fraction of sp³-hybridized carbons (Fsp3) is 0.154. The van der Waals surface area contributed by atoms with Crippen molar-refractivity contribution in [2.45, 2.75) is 0 Å². The third kappa shape index (κ3) is 2.87. The molecule has 0 atom stereocenters. The standard InChI is InChI=1S/C13H13N5O2/c1-19-11-6-12(20-2)18-13(17-11)16-10-4-3-9(15)5-8(10)7-14/h3-6H,15H2,1-2H3,(H,16,17,18). The van der Waals surface area contributed by atoms with E-state index in [0.717, 1.165) is 0 Å². The zero-order valence-corrected chi connectivity index (χ0v) is 11.0. The van der Waals surface area contributed by atoms with Crippen LogP contribution in [0.1, 0.15) is 5.56 Å². The minimum absolute atomic E-state index is 0.266. The van der Waals surface area contributed by atoms with E-state index in [1.54, 1.807) is 24.3 Å². The Hall–Kier alpha value is -3.01. The van der Waals surface area contributed by atoms with Gasteiger partial charge in [0.05, 0.1) is 31.5 Å². The predicted octanol–water partition coefficient (Wildman–Crippen LogP) is 1.69. The van der Waals surface area contributed by atoms with Crippen molar-refractivity contribution < 1.29 is 9.47 Å². The molecule has 0 aliphatic heterocycles. The average molecular weight is 271 g/mol. The number of nitrogens with zero attached hydrogens (tertiary/aromatic N) is 3. The summed E-state index contributed by atoms with van der Waals surface area (Å²) in [6.07, 6.45) is 0. The van der Waals surface area contributed by atoms with Gasteiger partial charge in [-0.15, -0.1) is 0 Å². The lowest BCUT2D eigenvalue weighted by Crippen LogP contribution is -2.02. The quantitative estimate of drug-likeness (QED) is 0.815. The van der Waals surface area contributed by atoms with Crippen LogP contribution in [0, 0.1) is 11.3 Å². The van der Waals surface area contributed by atoms with Crippen molar-refractivity contribution in [3.63, 3.8) is 0 Å². The molecule has 0 bridgehead atoms. The molecule has 0 aliphatic carbocycles. The number of nitrogens with two attached hydrogens (primary N) is 1. The van der Waals surface area contributed by atoms with E-state index in [2.05, 4.69) is 21.4 Å². The minimum atomic E-state index is 0.266. The van der Waals surface area contributed by atoms with Crippen LogP contribution in [0.3, 0.4) is 0 Å². The lowest BCUT2D eigenvalue weighted by molar-refractivity contribution is 0.373. The van der Waals surface area contributed by atoms with Gasteiger partial charge in [0.2, 0.25) is 17.7 Å². The van der Waals surface area contributed by atoms with Gasteiger partial charge in [0.25, 0.3) is 0 Å². The number of rotatable bonds is 4. The first-order chi connectivity index (χ1) is 9.66. The zero-order chi connectivity index (χ0) is 14.5. The Bertz CT molecular complexity index is 644. The maximum Gasteiger partial charge on any atom is 0.233 e. The number of hydrogen-bond acceptors (Lipinski definition) is 7. The van der Waals surface area contributed by atoms with Gasteiger partial charge in [0, 0.05) is 5.69 Å². The molecule has 0 saturated heterocycles. The van der Waals surface area contributed by atoms with Crippen LogP contribution in [0.25, 0.3) is 0 Å². The van der Waals surface area contributed by atoms with Crippen molar-refractivity contribution in [3.8, 4) is 17.8 Å². The topological polar surface area (TPSA) is 106 Å². The molecular formula is C13H13N5O2. The first kappa shape index (κ1) is 13.4. The summed E-state index contributed by atoms with van der Waals surface area (Å²) in [4.78, 5) is 8.26. The van der Waals surface area contributed by atoms with Gasteiger partial charge in [-0.25, -0.2) is 0 Å². The van der Waals surface area contributed by atoms with E-state index >= 15 is 0 Å². The molecule has 0 radical (unpaired) electrons. The molecule has 102 valence electrons.